The van der Waals surface area contributed by atoms with Crippen molar-refractivity contribution in [2.45, 2.75) is 19.3 Å². The molecule has 0 aromatic carbocycles. The summed E-state index contributed by atoms with van der Waals surface area (Å²) in [4.78, 5) is 26.5. The van der Waals surface area contributed by atoms with Crippen molar-refractivity contribution in [3.8, 4) is 0 Å². The van der Waals surface area contributed by atoms with E-state index in [2.05, 4.69) is 0 Å². The Morgan fingerprint density at radius 2 is 1.90 bits per heavy atom. The van der Waals surface area contributed by atoms with Gasteiger partial charge in [-0.05, 0) is 18.8 Å². The van der Waals surface area contributed by atoms with Crippen LogP contribution in [0.25, 0.3) is 0 Å². The van der Waals surface area contributed by atoms with E-state index in [1.54, 1.807) is 4.90 Å². The molecule has 0 aromatic heterocycles. The van der Waals surface area contributed by atoms with Crippen LogP contribution in [-0.4, -0.2) is 79.4 Å². The number of hydrogen-bond acceptors (Lipinski definition) is 5. The zero-order chi connectivity index (χ0) is 15.5. The van der Waals surface area contributed by atoms with Gasteiger partial charge in [-0.15, -0.1) is 0 Å². The molecule has 7 nitrogen and oxygen atoms in total. The van der Waals surface area contributed by atoms with Gasteiger partial charge in [-0.3, -0.25) is 14.5 Å². The van der Waals surface area contributed by atoms with Gasteiger partial charge in [0.1, 0.15) is 0 Å². The number of sulfone groups is 1. The van der Waals surface area contributed by atoms with E-state index in [9.17, 15) is 18.0 Å². The maximum absolute atomic E-state index is 12.2. The summed E-state index contributed by atoms with van der Waals surface area (Å²) >= 11 is 0. The van der Waals surface area contributed by atoms with Gasteiger partial charge in [0.15, 0.2) is 9.84 Å². The molecule has 0 radical (unpaired) electrons. The number of rotatable bonds is 4. The van der Waals surface area contributed by atoms with Crippen LogP contribution in [0.15, 0.2) is 0 Å². The van der Waals surface area contributed by atoms with Crippen LogP contribution in [0, 0.1) is 5.92 Å². The number of aliphatic carboxylic acids is 1. The van der Waals surface area contributed by atoms with Gasteiger partial charge in [0, 0.05) is 32.6 Å². The van der Waals surface area contributed by atoms with Crippen LogP contribution in [0.1, 0.15) is 19.3 Å². The van der Waals surface area contributed by atoms with E-state index in [1.807, 2.05) is 4.90 Å². The molecular weight excluding hydrogens is 296 g/mol. The molecule has 1 amide bonds. The third-order valence-corrected chi connectivity index (χ3v) is 5.93. The van der Waals surface area contributed by atoms with Crippen molar-refractivity contribution < 1.29 is 23.1 Å². The minimum atomic E-state index is -2.95. The lowest BCUT2D eigenvalue weighted by Crippen LogP contribution is -2.37. The Balaban J connectivity index is 1.82. The molecule has 0 aliphatic carbocycles. The minimum absolute atomic E-state index is 0.00288. The molecule has 21 heavy (non-hydrogen) atoms. The van der Waals surface area contributed by atoms with Crippen molar-refractivity contribution in [2.24, 2.45) is 5.92 Å². The van der Waals surface area contributed by atoms with E-state index < -0.39 is 15.8 Å². The van der Waals surface area contributed by atoms with E-state index in [1.165, 1.54) is 0 Å². The summed E-state index contributed by atoms with van der Waals surface area (Å²) in [5.74, 6) is -0.601. The highest BCUT2D eigenvalue weighted by Crippen LogP contribution is 2.22. The second kappa shape index (κ2) is 6.74. The molecule has 2 aliphatic heterocycles. The van der Waals surface area contributed by atoms with Crippen molar-refractivity contribution >= 4 is 21.7 Å². The summed E-state index contributed by atoms with van der Waals surface area (Å²) in [5, 5.41) is 8.79. The van der Waals surface area contributed by atoms with Crippen LogP contribution < -0.4 is 0 Å². The zero-order valence-corrected chi connectivity index (χ0v) is 12.8. The Labute approximate surface area is 124 Å². The fraction of sp³-hybridized carbons (Fsp3) is 0.846. The number of carbonyl (C=O) groups excluding carboxylic acids is 1. The number of nitrogens with zero attached hydrogens (tertiary/aromatic N) is 2. The van der Waals surface area contributed by atoms with E-state index in [-0.39, 0.29) is 36.3 Å². The van der Waals surface area contributed by atoms with Gasteiger partial charge >= 0.3 is 5.97 Å². The fourth-order valence-corrected chi connectivity index (χ4v) is 4.84. The third-order valence-electron chi connectivity index (χ3n) is 4.09. The van der Waals surface area contributed by atoms with E-state index >= 15 is 0 Å². The lowest BCUT2D eigenvalue weighted by Gasteiger charge is -2.22. The standard InChI is InChI=1S/C13H22N2O5S/c16-12(8-11-2-7-21(19,20)10-11)15-4-1-3-14(5-6-15)9-13(17)18/h11H,1-10H2,(H,17,18). The van der Waals surface area contributed by atoms with Crippen LogP contribution in [0.5, 0.6) is 0 Å². The van der Waals surface area contributed by atoms with Gasteiger partial charge in [-0.25, -0.2) is 8.42 Å². The summed E-state index contributed by atoms with van der Waals surface area (Å²) in [5.41, 5.74) is 0. The van der Waals surface area contributed by atoms with Gasteiger partial charge in [-0.2, -0.15) is 0 Å². The lowest BCUT2D eigenvalue weighted by atomic mass is 10.0. The SMILES string of the molecule is O=C(O)CN1CCCN(C(=O)CC2CCS(=O)(=O)C2)CC1. The first-order valence-corrected chi connectivity index (χ1v) is 9.10. The van der Waals surface area contributed by atoms with Crippen molar-refractivity contribution in [2.75, 3.05) is 44.2 Å². The first-order valence-electron chi connectivity index (χ1n) is 7.28. The molecule has 1 N–H and O–H groups in total. The summed E-state index contributed by atoms with van der Waals surface area (Å²) in [6.07, 6.45) is 1.62. The van der Waals surface area contributed by atoms with E-state index in [0.717, 1.165) is 6.42 Å². The average molecular weight is 318 g/mol. The molecule has 2 heterocycles. The molecule has 0 bridgehead atoms. The predicted molar refractivity (Wildman–Crippen MR) is 76.7 cm³/mol. The number of carboxylic acids is 1. The van der Waals surface area contributed by atoms with E-state index in [0.29, 0.717) is 32.6 Å². The summed E-state index contributed by atoms with van der Waals surface area (Å²) in [6, 6.07) is 0. The smallest absolute Gasteiger partial charge is 0.317 e. The first-order chi connectivity index (χ1) is 9.85. The van der Waals surface area contributed by atoms with Gasteiger partial charge in [0.05, 0.1) is 18.1 Å². The summed E-state index contributed by atoms with van der Waals surface area (Å²) in [7, 11) is -2.95. The molecule has 8 heteroatoms. The van der Waals surface area contributed by atoms with E-state index in [4.69, 9.17) is 5.11 Å². The van der Waals surface area contributed by atoms with Crippen molar-refractivity contribution in [1.29, 1.82) is 0 Å². The quantitative estimate of drug-likeness (QED) is 0.746. The molecule has 0 spiro atoms. The van der Waals surface area contributed by atoms with Gasteiger partial charge < -0.3 is 10.0 Å². The monoisotopic (exact) mass is 318 g/mol. The zero-order valence-electron chi connectivity index (χ0n) is 12.0. The molecular formula is C13H22N2O5S. The first kappa shape index (κ1) is 16.2. The number of amides is 1. The Morgan fingerprint density at radius 3 is 2.52 bits per heavy atom. The maximum Gasteiger partial charge on any atom is 0.317 e. The number of carbonyl (C=O) groups is 2. The predicted octanol–water partition coefficient (Wildman–Crippen LogP) is -0.570. The molecule has 2 aliphatic rings. The van der Waals surface area contributed by atoms with Gasteiger partial charge in [0.2, 0.25) is 5.91 Å². The lowest BCUT2D eigenvalue weighted by molar-refractivity contribution is -0.138. The molecule has 1 unspecified atom stereocenters. The third kappa shape index (κ3) is 4.96. The van der Waals surface area contributed by atoms with Crippen molar-refractivity contribution in [3.63, 3.8) is 0 Å². The molecule has 2 rings (SSSR count). The average Bonchev–Trinajstić information content (AvgIpc) is 2.60. The van der Waals surface area contributed by atoms with Crippen molar-refractivity contribution in [3.05, 3.63) is 0 Å². The van der Waals surface area contributed by atoms with Crippen LogP contribution >= 0.6 is 0 Å². The highest BCUT2D eigenvalue weighted by molar-refractivity contribution is 7.91. The van der Waals surface area contributed by atoms with Crippen LogP contribution in [-0.2, 0) is 19.4 Å². The highest BCUT2D eigenvalue weighted by Gasteiger charge is 2.31. The maximum atomic E-state index is 12.2. The molecule has 1 atom stereocenters. The Kier molecular flexibility index (Phi) is 5.21. The normalized spacial score (nSPS) is 26.5. The molecule has 2 fully saturated rings. The molecule has 2 saturated heterocycles. The largest absolute Gasteiger partial charge is 0.480 e. The Bertz CT molecular complexity index is 505. The summed E-state index contributed by atoms with van der Waals surface area (Å²) in [6.45, 7) is 2.37. The second-order valence-corrected chi connectivity index (χ2v) is 8.11. The topological polar surface area (TPSA) is 95.0 Å². The Hall–Kier alpha value is -1.15. The van der Waals surface area contributed by atoms with Crippen LogP contribution in [0.4, 0.5) is 0 Å². The van der Waals surface area contributed by atoms with Gasteiger partial charge in [0.25, 0.3) is 0 Å². The Morgan fingerprint density at radius 1 is 1.14 bits per heavy atom. The summed E-state index contributed by atoms with van der Waals surface area (Å²) < 4.78 is 22.8. The minimum Gasteiger partial charge on any atom is -0.480 e. The fourth-order valence-electron chi connectivity index (χ4n) is 2.98. The number of hydrogen-bond donors (Lipinski definition) is 1. The molecule has 120 valence electrons. The van der Waals surface area contributed by atoms with Gasteiger partial charge in [-0.1, -0.05) is 0 Å². The highest BCUT2D eigenvalue weighted by atomic mass is 32.2. The van der Waals surface area contributed by atoms with Crippen LogP contribution in [0.3, 0.4) is 0 Å². The molecule has 0 aromatic rings. The van der Waals surface area contributed by atoms with Crippen LogP contribution in [0.2, 0.25) is 0 Å². The molecule has 0 saturated carbocycles. The number of carboxylic acid groups (broad SMARTS) is 1. The second-order valence-electron chi connectivity index (χ2n) is 5.88. The van der Waals surface area contributed by atoms with Crippen molar-refractivity contribution in [1.82, 2.24) is 9.80 Å².